The first-order valence-electron chi connectivity index (χ1n) is 12.8. The molecular weight excluding hydrogens is 623 g/mol. The number of nitrogens with zero attached hydrogens (tertiary/aromatic N) is 5. The Labute approximate surface area is 256 Å². The topological polar surface area (TPSA) is 253 Å². The highest BCUT2D eigenvalue weighted by molar-refractivity contribution is 8.01. The lowest BCUT2D eigenvalue weighted by molar-refractivity contribution is -0.689. The highest BCUT2D eigenvalue weighted by atomic mass is 32.2. The number of aromatic nitrogens is 3. The van der Waals surface area contributed by atoms with E-state index in [0.717, 1.165) is 46.8 Å². The Hall–Kier alpha value is -4.10. The molecule has 2 aromatic heterocycles. The molecule has 0 saturated carbocycles. The van der Waals surface area contributed by atoms with Gasteiger partial charge in [-0.2, -0.15) is 0 Å². The first kappa shape index (κ1) is 30.4. The molecule has 3 aliphatic rings. The minimum absolute atomic E-state index is 0.126. The number of aliphatic carboxylic acids is 2. The fourth-order valence-electron chi connectivity index (χ4n) is 4.66. The molecule has 0 spiro atoms. The number of rotatable bonds is 10. The monoisotopic (exact) mass is 650 g/mol. The Morgan fingerprint density at radius 2 is 2.05 bits per heavy atom. The molecule has 2 aliphatic heterocycles. The minimum Gasteiger partial charge on any atom is -0.478 e. The normalized spacial score (nSPS) is 19.9. The van der Waals surface area contributed by atoms with Crippen molar-refractivity contribution in [2.75, 3.05) is 28.8 Å². The number of nitrogen functional groups attached to an aromatic ring is 3. The third-order valence-corrected chi connectivity index (χ3v) is 10.2. The molecule has 1 saturated heterocycles. The van der Waals surface area contributed by atoms with Crippen LogP contribution in [0.4, 0.5) is 10.9 Å². The maximum atomic E-state index is 13.3. The van der Waals surface area contributed by atoms with Crippen LogP contribution in [0.1, 0.15) is 36.4 Å². The van der Waals surface area contributed by atoms with Gasteiger partial charge in [0.15, 0.2) is 10.8 Å². The number of nitrogens with one attached hydrogen (secondary N) is 1. The molecule has 19 heteroatoms. The van der Waals surface area contributed by atoms with Crippen molar-refractivity contribution in [2.45, 2.75) is 55.3 Å². The lowest BCUT2D eigenvalue weighted by Gasteiger charge is -2.49. The second-order valence-corrected chi connectivity index (χ2v) is 13.4. The number of oxime groups is 1. The van der Waals surface area contributed by atoms with Crippen molar-refractivity contribution < 1.29 is 38.9 Å². The van der Waals surface area contributed by atoms with Gasteiger partial charge in [-0.1, -0.05) is 16.5 Å². The molecule has 0 bridgehead atoms. The summed E-state index contributed by atoms with van der Waals surface area (Å²) in [5.74, 6) is 3.05. The highest BCUT2D eigenvalue weighted by Crippen LogP contribution is 2.41. The Balaban J connectivity index is 1.33. The lowest BCUT2D eigenvalue weighted by Crippen LogP contribution is -2.71. The van der Waals surface area contributed by atoms with Crippen molar-refractivity contribution in [1.82, 2.24) is 20.2 Å². The zero-order chi connectivity index (χ0) is 31.2. The van der Waals surface area contributed by atoms with E-state index in [2.05, 4.69) is 20.4 Å². The summed E-state index contributed by atoms with van der Waals surface area (Å²) in [6, 6.07) is -1.08. The number of amides is 2. The summed E-state index contributed by atoms with van der Waals surface area (Å²) in [5.41, 5.74) is 11.9. The van der Waals surface area contributed by atoms with Crippen molar-refractivity contribution >= 4 is 75.3 Å². The van der Waals surface area contributed by atoms with Crippen LogP contribution in [0.15, 0.2) is 27.8 Å². The molecule has 0 aromatic carbocycles. The van der Waals surface area contributed by atoms with Crippen LogP contribution in [-0.4, -0.2) is 83.1 Å². The number of carbonyl (C=O) groups excluding carboxylic acids is 2. The second-order valence-electron chi connectivity index (χ2n) is 10.2. The predicted octanol–water partition coefficient (Wildman–Crippen LogP) is -0.693. The molecule has 0 radical (unpaired) electrons. The van der Waals surface area contributed by atoms with Crippen LogP contribution in [0, 0.1) is 0 Å². The fourth-order valence-corrected chi connectivity index (χ4v) is 7.75. The first-order chi connectivity index (χ1) is 20.3. The van der Waals surface area contributed by atoms with E-state index in [9.17, 15) is 29.4 Å². The molecule has 2 aromatic rings. The van der Waals surface area contributed by atoms with Crippen LogP contribution >= 0.6 is 34.9 Å². The van der Waals surface area contributed by atoms with Crippen molar-refractivity contribution in [3.05, 3.63) is 33.6 Å². The first-order valence-corrected chi connectivity index (χ1v) is 15.7. The summed E-state index contributed by atoms with van der Waals surface area (Å²) in [5, 5.41) is 25.6. The van der Waals surface area contributed by atoms with Gasteiger partial charge in [0.1, 0.15) is 22.8 Å². The quantitative estimate of drug-likeness (QED) is 0.0354. The van der Waals surface area contributed by atoms with Crippen LogP contribution < -0.4 is 27.3 Å². The molecule has 228 valence electrons. The molecule has 2 atom stereocenters. The number of carboxylic acids is 2. The number of carbonyl (C=O) groups is 4. The average molecular weight is 651 g/mol. The summed E-state index contributed by atoms with van der Waals surface area (Å²) in [6.07, 6.45) is 3.76. The van der Waals surface area contributed by atoms with Crippen molar-refractivity contribution in [3.8, 4) is 0 Å². The molecule has 9 N–H and O–H groups in total. The van der Waals surface area contributed by atoms with Crippen LogP contribution in [0.5, 0.6) is 0 Å². The van der Waals surface area contributed by atoms with Gasteiger partial charge in [0.25, 0.3) is 11.8 Å². The van der Waals surface area contributed by atoms with Crippen molar-refractivity contribution in [2.24, 2.45) is 5.16 Å². The van der Waals surface area contributed by atoms with E-state index in [1.807, 2.05) is 0 Å². The van der Waals surface area contributed by atoms with Gasteiger partial charge in [0.05, 0.1) is 10.4 Å². The summed E-state index contributed by atoms with van der Waals surface area (Å²) in [6.45, 7) is 2.50. The van der Waals surface area contributed by atoms with Gasteiger partial charge < -0.3 is 31.8 Å². The van der Waals surface area contributed by atoms with Gasteiger partial charge in [-0.3, -0.25) is 20.3 Å². The van der Waals surface area contributed by atoms with Crippen LogP contribution in [0.2, 0.25) is 0 Å². The van der Waals surface area contributed by atoms with Gasteiger partial charge in [0.2, 0.25) is 11.4 Å². The highest BCUT2D eigenvalue weighted by Gasteiger charge is 2.54. The maximum absolute atomic E-state index is 13.3. The summed E-state index contributed by atoms with van der Waals surface area (Å²) in [4.78, 5) is 65.0. The largest absolute Gasteiger partial charge is 0.478 e. The molecule has 43 heavy (non-hydrogen) atoms. The van der Waals surface area contributed by atoms with E-state index in [1.165, 1.54) is 48.2 Å². The maximum Gasteiger partial charge on any atom is 0.385 e. The number of hydrogen-bond donors (Lipinski definition) is 6. The Kier molecular flexibility index (Phi) is 8.14. The number of anilines is 2. The lowest BCUT2D eigenvalue weighted by atomic mass is 10.0. The smallest absolute Gasteiger partial charge is 0.385 e. The number of β-lactam (4-membered cyclic amide) rings is 1. The molecule has 2 amide bonds. The Morgan fingerprint density at radius 3 is 2.70 bits per heavy atom. The molecule has 1 fully saturated rings. The van der Waals surface area contributed by atoms with E-state index in [-0.39, 0.29) is 32.9 Å². The van der Waals surface area contributed by atoms with Gasteiger partial charge >= 0.3 is 17.1 Å². The van der Waals surface area contributed by atoms with E-state index in [4.69, 9.17) is 22.1 Å². The fraction of sp³-hybridized carbons (Fsp3) is 0.417. The summed E-state index contributed by atoms with van der Waals surface area (Å²) < 4.78 is 1.49. The SMILES string of the molecule is CC(C)(O/N=C(\C(=O)NC1C(=O)N2C(C(=O)O)=C(CSc3nc(N)c4c([n+]3N)CCC4)CSC12)c1cnc(N)s1)C(=O)O. The van der Waals surface area contributed by atoms with Crippen molar-refractivity contribution in [3.63, 3.8) is 0 Å². The zero-order valence-electron chi connectivity index (χ0n) is 22.9. The second kappa shape index (κ2) is 11.5. The third kappa shape index (κ3) is 5.66. The Morgan fingerprint density at radius 1 is 1.30 bits per heavy atom. The minimum atomic E-state index is -1.76. The number of nitrogens with two attached hydrogens (primary N) is 3. The molecular formula is C24H28N9O7S3+. The number of hydrogen-bond acceptors (Lipinski definition) is 14. The molecule has 4 heterocycles. The summed E-state index contributed by atoms with van der Waals surface area (Å²) in [7, 11) is 0. The van der Waals surface area contributed by atoms with Crippen molar-refractivity contribution in [1.29, 1.82) is 0 Å². The number of thioether (sulfide) groups is 2. The van der Waals surface area contributed by atoms with Crippen LogP contribution in [-0.2, 0) is 36.9 Å². The van der Waals surface area contributed by atoms with Gasteiger partial charge in [-0.05, 0) is 49.0 Å². The molecule has 2 unspecified atom stereocenters. The molecule has 5 rings (SSSR count). The molecule has 16 nitrogen and oxygen atoms in total. The third-order valence-electron chi connectivity index (χ3n) is 6.98. The average Bonchev–Trinajstić information content (AvgIpc) is 3.62. The number of fused-ring (bicyclic) bond motifs is 2. The Bertz CT molecular complexity index is 1610. The van der Waals surface area contributed by atoms with E-state index in [1.54, 1.807) is 0 Å². The predicted molar refractivity (Wildman–Crippen MR) is 157 cm³/mol. The van der Waals surface area contributed by atoms with Gasteiger partial charge in [-0.15, -0.1) is 16.4 Å². The van der Waals surface area contributed by atoms with Crippen LogP contribution in [0.3, 0.4) is 0 Å². The number of carboxylic acid groups (broad SMARTS) is 2. The van der Waals surface area contributed by atoms with E-state index in [0.29, 0.717) is 16.5 Å². The zero-order valence-corrected chi connectivity index (χ0v) is 25.3. The molecule has 1 aliphatic carbocycles. The summed E-state index contributed by atoms with van der Waals surface area (Å²) >= 11 is 3.42. The van der Waals surface area contributed by atoms with E-state index >= 15 is 0 Å². The van der Waals surface area contributed by atoms with Gasteiger partial charge in [-0.25, -0.2) is 14.6 Å². The number of thiazole rings is 1. The van der Waals surface area contributed by atoms with Gasteiger partial charge in [0, 0.05) is 24.1 Å². The standard InChI is InChI=1S/C24H27N9O7S3/c1-24(2,21(38)39)40-31-13(12-6-28-22(26)43-12)17(34)29-14-18(35)32-15(20(36)37)9(7-41-19(14)32)8-42-23-30-16(25)10-4-3-5-11(10)33(23)27/h6,14,19,25H,3-5,7-8,27H2,1-2H3,(H5,26,28,29,31,34,36,37,38,39)/p+1. The van der Waals surface area contributed by atoms with E-state index < -0.39 is 40.8 Å². The van der Waals surface area contributed by atoms with Crippen LogP contribution in [0.25, 0.3) is 0 Å².